The number of hydrogen-bond acceptors (Lipinski definition) is 2. The van der Waals surface area contributed by atoms with Gasteiger partial charge in [0.2, 0.25) is 0 Å². The maximum Gasteiger partial charge on any atom is 0.119 e. The van der Waals surface area contributed by atoms with Gasteiger partial charge in [0.25, 0.3) is 0 Å². The summed E-state index contributed by atoms with van der Waals surface area (Å²) in [4.78, 5) is 0. The molecule has 1 N–H and O–H groups in total. The van der Waals surface area contributed by atoms with Crippen molar-refractivity contribution in [3.8, 4) is 5.75 Å². The fourth-order valence-corrected chi connectivity index (χ4v) is 3.18. The van der Waals surface area contributed by atoms with Crippen LogP contribution >= 0.6 is 27.5 Å². The Morgan fingerprint density at radius 2 is 1.81 bits per heavy atom. The van der Waals surface area contributed by atoms with Crippen molar-refractivity contribution in [1.82, 2.24) is 5.32 Å². The standard InChI is InChI=1S/C17H19BrClNO/c1-3-20-17(13-9-14(18)11-15(19)10-13)12-5-7-16(8-6-12)21-4-2/h5-11,17,20H,3-4H2,1-2H3. The van der Waals surface area contributed by atoms with Crippen molar-refractivity contribution in [3.63, 3.8) is 0 Å². The first-order chi connectivity index (χ1) is 10.1. The second-order valence-electron chi connectivity index (χ2n) is 4.70. The summed E-state index contributed by atoms with van der Waals surface area (Å²) >= 11 is 9.68. The molecular formula is C17H19BrClNO. The maximum atomic E-state index is 6.17. The van der Waals surface area contributed by atoms with Crippen molar-refractivity contribution >= 4 is 27.5 Å². The molecule has 2 nitrogen and oxygen atoms in total. The van der Waals surface area contributed by atoms with E-state index >= 15 is 0 Å². The second-order valence-corrected chi connectivity index (χ2v) is 6.05. The third-order valence-corrected chi connectivity index (χ3v) is 3.83. The highest BCUT2D eigenvalue weighted by molar-refractivity contribution is 9.10. The van der Waals surface area contributed by atoms with Gasteiger partial charge in [-0.25, -0.2) is 0 Å². The third-order valence-electron chi connectivity index (χ3n) is 3.15. The smallest absolute Gasteiger partial charge is 0.119 e. The maximum absolute atomic E-state index is 6.17. The fraction of sp³-hybridized carbons (Fsp3) is 0.294. The SMILES string of the molecule is CCNC(c1ccc(OCC)cc1)c1cc(Cl)cc(Br)c1. The lowest BCUT2D eigenvalue weighted by molar-refractivity contribution is 0.340. The minimum Gasteiger partial charge on any atom is -0.494 e. The molecule has 0 bridgehead atoms. The van der Waals surface area contributed by atoms with Crippen LogP contribution in [0.4, 0.5) is 0 Å². The largest absolute Gasteiger partial charge is 0.494 e. The predicted molar refractivity (Wildman–Crippen MR) is 92.3 cm³/mol. The molecule has 112 valence electrons. The summed E-state index contributed by atoms with van der Waals surface area (Å²) in [6.07, 6.45) is 0. The molecule has 21 heavy (non-hydrogen) atoms. The first kappa shape index (κ1) is 16.3. The van der Waals surface area contributed by atoms with Gasteiger partial charge in [0, 0.05) is 9.50 Å². The zero-order valence-electron chi connectivity index (χ0n) is 12.2. The van der Waals surface area contributed by atoms with E-state index in [0.29, 0.717) is 6.61 Å². The van der Waals surface area contributed by atoms with Crippen LogP contribution in [-0.2, 0) is 0 Å². The van der Waals surface area contributed by atoms with E-state index in [-0.39, 0.29) is 6.04 Å². The Balaban J connectivity index is 2.33. The molecule has 0 spiro atoms. The third kappa shape index (κ3) is 4.47. The highest BCUT2D eigenvalue weighted by Gasteiger charge is 2.14. The quantitative estimate of drug-likeness (QED) is 0.756. The number of halogens is 2. The average molecular weight is 369 g/mol. The molecule has 0 fully saturated rings. The van der Waals surface area contributed by atoms with Crippen LogP contribution in [0.2, 0.25) is 5.02 Å². The average Bonchev–Trinajstić information content (AvgIpc) is 2.45. The lowest BCUT2D eigenvalue weighted by Gasteiger charge is -2.20. The molecule has 2 aromatic carbocycles. The molecule has 0 heterocycles. The summed E-state index contributed by atoms with van der Waals surface area (Å²) in [6.45, 7) is 5.64. The van der Waals surface area contributed by atoms with E-state index in [1.54, 1.807) is 0 Å². The van der Waals surface area contributed by atoms with Gasteiger partial charge in [-0.15, -0.1) is 0 Å². The normalized spacial score (nSPS) is 12.2. The Kier molecular flexibility index (Phi) is 6.09. The van der Waals surface area contributed by atoms with Crippen LogP contribution in [-0.4, -0.2) is 13.2 Å². The molecule has 2 aromatic rings. The summed E-state index contributed by atoms with van der Waals surface area (Å²) in [6, 6.07) is 14.3. The van der Waals surface area contributed by atoms with Gasteiger partial charge in [0.15, 0.2) is 0 Å². The van der Waals surface area contributed by atoms with Crippen LogP contribution in [0.1, 0.15) is 31.0 Å². The topological polar surface area (TPSA) is 21.3 Å². The molecule has 0 amide bonds. The summed E-state index contributed by atoms with van der Waals surface area (Å²) in [5, 5.41) is 4.23. The van der Waals surface area contributed by atoms with Gasteiger partial charge in [-0.1, -0.05) is 46.6 Å². The lowest BCUT2D eigenvalue weighted by atomic mass is 9.98. The molecule has 0 saturated heterocycles. The Bertz CT molecular complexity index is 566. The van der Waals surface area contributed by atoms with Crippen LogP contribution in [0.25, 0.3) is 0 Å². The van der Waals surface area contributed by atoms with Gasteiger partial charge < -0.3 is 10.1 Å². The van der Waals surface area contributed by atoms with Gasteiger partial charge >= 0.3 is 0 Å². The van der Waals surface area contributed by atoms with E-state index in [4.69, 9.17) is 16.3 Å². The van der Waals surface area contributed by atoms with E-state index in [1.165, 1.54) is 5.56 Å². The van der Waals surface area contributed by atoms with Gasteiger partial charge in [-0.05, 0) is 54.9 Å². The Labute approximate surface area is 139 Å². The molecule has 0 aromatic heterocycles. The molecule has 2 rings (SSSR count). The number of benzene rings is 2. The first-order valence-corrected chi connectivity index (χ1v) is 8.23. The van der Waals surface area contributed by atoms with Crippen LogP contribution in [0.3, 0.4) is 0 Å². The number of hydrogen-bond donors (Lipinski definition) is 1. The van der Waals surface area contributed by atoms with Crippen molar-refractivity contribution in [1.29, 1.82) is 0 Å². The highest BCUT2D eigenvalue weighted by atomic mass is 79.9. The van der Waals surface area contributed by atoms with Crippen LogP contribution in [0.5, 0.6) is 5.75 Å². The Morgan fingerprint density at radius 1 is 1.10 bits per heavy atom. The molecule has 0 aliphatic carbocycles. The summed E-state index contributed by atoms with van der Waals surface area (Å²) in [5.74, 6) is 0.892. The zero-order chi connectivity index (χ0) is 15.2. The number of nitrogens with one attached hydrogen (secondary N) is 1. The van der Waals surface area contributed by atoms with Crippen molar-refractivity contribution in [3.05, 3.63) is 63.1 Å². The first-order valence-electron chi connectivity index (χ1n) is 7.06. The van der Waals surface area contributed by atoms with Gasteiger partial charge in [-0.3, -0.25) is 0 Å². The van der Waals surface area contributed by atoms with E-state index in [0.717, 1.165) is 27.4 Å². The molecule has 4 heteroatoms. The molecule has 0 aliphatic rings. The van der Waals surface area contributed by atoms with E-state index in [2.05, 4.69) is 46.4 Å². The minimum absolute atomic E-state index is 0.112. The lowest BCUT2D eigenvalue weighted by Crippen LogP contribution is -2.22. The molecule has 1 atom stereocenters. The van der Waals surface area contributed by atoms with Crippen LogP contribution < -0.4 is 10.1 Å². The van der Waals surface area contributed by atoms with Crippen molar-refractivity contribution < 1.29 is 4.74 Å². The van der Waals surface area contributed by atoms with Gasteiger partial charge in [0.1, 0.15) is 5.75 Å². The number of ether oxygens (including phenoxy) is 1. The summed E-state index contributed by atoms with van der Waals surface area (Å²) in [7, 11) is 0. The van der Waals surface area contributed by atoms with Crippen LogP contribution in [0.15, 0.2) is 46.9 Å². The van der Waals surface area contributed by atoms with Gasteiger partial charge in [-0.2, -0.15) is 0 Å². The van der Waals surface area contributed by atoms with Crippen molar-refractivity contribution in [2.24, 2.45) is 0 Å². The highest BCUT2D eigenvalue weighted by Crippen LogP contribution is 2.29. The van der Waals surface area contributed by atoms with E-state index in [1.807, 2.05) is 31.2 Å². The molecule has 0 saturated carbocycles. The minimum atomic E-state index is 0.112. The monoisotopic (exact) mass is 367 g/mol. The fourth-order valence-electron chi connectivity index (χ4n) is 2.30. The molecule has 0 aliphatic heterocycles. The van der Waals surface area contributed by atoms with Crippen molar-refractivity contribution in [2.45, 2.75) is 19.9 Å². The molecule has 1 unspecified atom stereocenters. The Morgan fingerprint density at radius 3 is 2.38 bits per heavy atom. The molecular weight excluding hydrogens is 350 g/mol. The predicted octanol–water partition coefficient (Wildman–Crippen LogP) is 5.20. The van der Waals surface area contributed by atoms with Crippen molar-refractivity contribution in [2.75, 3.05) is 13.2 Å². The van der Waals surface area contributed by atoms with Gasteiger partial charge in [0.05, 0.1) is 12.6 Å². The van der Waals surface area contributed by atoms with E-state index < -0.39 is 0 Å². The summed E-state index contributed by atoms with van der Waals surface area (Å²) < 4.78 is 6.48. The number of rotatable bonds is 6. The van der Waals surface area contributed by atoms with E-state index in [9.17, 15) is 0 Å². The summed E-state index contributed by atoms with van der Waals surface area (Å²) in [5.41, 5.74) is 2.33. The zero-order valence-corrected chi connectivity index (χ0v) is 14.5. The molecule has 0 radical (unpaired) electrons. The Hall–Kier alpha value is -1.03. The second kappa shape index (κ2) is 7.83. The van der Waals surface area contributed by atoms with Crippen LogP contribution in [0, 0.1) is 0 Å².